The number of hydrogen-bond acceptors (Lipinski definition) is 7. The second kappa shape index (κ2) is 8.15. The minimum absolute atomic E-state index is 0.0151. The molecule has 1 fully saturated rings. The topological polar surface area (TPSA) is 130 Å². The smallest absolute Gasteiger partial charge is 0.382 e. The van der Waals surface area contributed by atoms with E-state index in [1.807, 2.05) is 13.0 Å². The average Bonchev–Trinajstić information content (AvgIpc) is 3.44. The molecule has 3 aromatic heterocycles. The number of nitrogens with two attached hydrogens (primary N) is 1. The van der Waals surface area contributed by atoms with Gasteiger partial charge >= 0.3 is 6.18 Å². The Bertz CT molecular complexity index is 1390. The van der Waals surface area contributed by atoms with E-state index in [4.69, 9.17) is 5.73 Å². The molecular formula is C23H24F3N7O3. The molecule has 3 N–H and O–H groups in total. The van der Waals surface area contributed by atoms with Gasteiger partial charge in [0, 0.05) is 37.8 Å². The van der Waals surface area contributed by atoms with Crippen LogP contribution in [0.5, 0.6) is 0 Å². The van der Waals surface area contributed by atoms with Gasteiger partial charge in [0.2, 0.25) is 5.60 Å². The summed E-state index contributed by atoms with van der Waals surface area (Å²) in [5.41, 5.74) is 6.38. The van der Waals surface area contributed by atoms with Crippen molar-refractivity contribution in [3.05, 3.63) is 41.5 Å². The number of anilines is 1. The number of aromatic nitrogens is 4. The van der Waals surface area contributed by atoms with Crippen LogP contribution in [-0.2, 0) is 11.2 Å². The predicted octanol–water partition coefficient (Wildman–Crippen LogP) is 1.59. The molecule has 0 aromatic carbocycles. The zero-order chi connectivity index (χ0) is 26.0. The van der Waals surface area contributed by atoms with E-state index in [0.29, 0.717) is 60.2 Å². The van der Waals surface area contributed by atoms with Crippen LogP contribution in [0.4, 0.5) is 19.0 Å². The molecule has 5 heterocycles. The number of nitrogen functional groups attached to an aromatic ring is 1. The Kier molecular flexibility index (Phi) is 5.43. The SMILES string of the molecule is Cc1cc(-c2cnc3c(c2)C(=O)N(C2CCN(C(=O)[C@@](C)(O)C(F)(F)F)C2)CC3)n2ncnc(N)c12. The highest BCUT2D eigenvalue weighted by atomic mass is 19.4. The third kappa shape index (κ3) is 3.65. The molecule has 13 heteroatoms. The standard InChI is InChI=1S/C23H24F3N7O3/c1-12-7-17(33-18(12)19(27)29-11-30-33)13-8-15-16(28-9-13)4-6-32(20(15)34)14-3-5-31(10-14)21(35)22(2,36)23(24,25)26/h7-9,11,14,36H,3-6,10H2,1-2H3,(H2,27,29,30)/t14?,22-/m1/s1. The Morgan fingerprint density at radius 3 is 2.69 bits per heavy atom. The average molecular weight is 503 g/mol. The Balaban J connectivity index is 1.40. The summed E-state index contributed by atoms with van der Waals surface area (Å²) in [6.45, 7) is 2.58. The van der Waals surface area contributed by atoms with Gasteiger partial charge < -0.3 is 20.6 Å². The van der Waals surface area contributed by atoms with Gasteiger partial charge in [0.05, 0.1) is 23.0 Å². The van der Waals surface area contributed by atoms with Gasteiger partial charge in [-0.15, -0.1) is 0 Å². The predicted molar refractivity (Wildman–Crippen MR) is 122 cm³/mol. The molecule has 2 aliphatic heterocycles. The van der Waals surface area contributed by atoms with Crippen LogP contribution in [0.1, 0.15) is 35.0 Å². The van der Waals surface area contributed by atoms with Gasteiger partial charge in [-0.05, 0) is 38.0 Å². The molecule has 0 aliphatic carbocycles. The molecule has 2 atom stereocenters. The summed E-state index contributed by atoms with van der Waals surface area (Å²) >= 11 is 0. The van der Waals surface area contributed by atoms with E-state index in [1.165, 1.54) is 6.33 Å². The van der Waals surface area contributed by atoms with Crippen molar-refractivity contribution in [2.45, 2.75) is 44.5 Å². The number of nitrogens with zero attached hydrogens (tertiary/aromatic N) is 6. The number of rotatable bonds is 3. The second-order valence-corrected chi connectivity index (χ2v) is 9.35. The molecule has 2 aliphatic rings. The van der Waals surface area contributed by atoms with E-state index in [2.05, 4.69) is 15.1 Å². The summed E-state index contributed by atoms with van der Waals surface area (Å²) in [5.74, 6) is -1.39. The number of halogens is 3. The molecule has 0 spiro atoms. The van der Waals surface area contributed by atoms with E-state index in [0.717, 1.165) is 10.5 Å². The van der Waals surface area contributed by atoms with Crippen LogP contribution in [-0.4, -0.2) is 83.8 Å². The van der Waals surface area contributed by atoms with Gasteiger partial charge in [0.1, 0.15) is 11.8 Å². The highest BCUT2D eigenvalue weighted by molar-refractivity contribution is 5.98. The molecule has 0 saturated carbocycles. The quantitative estimate of drug-likeness (QED) is 0.555. The maximum atomic E-state index is 13.4. The van der Waals surface area contributed by atoms with Gasteiger partial charge in [-0.1, -0.05) is 0 Å². The fourth-order valence-corrected chi connectivity index (χ4v) is 4.92. The Hall–Kier alpha value is -3.74. The number of pyridine rings is 1. The van der Waals surface area contributed by atoms with Gasteiger partial charge in [-0.3, -0.25) is 14.6 Å². The highest BCUT2D eigenvalue weighted by Crippen LogP contribution is 2.34. The van der Waals surface area contributed by atoms with Crippen molar-refractivity contribution in [2.75, 3.05) is 25.4 Å². The van der Waals surface area contributed by atoms with E-state index in [-0.39, 0.29) is 19.0 Å². The van der Waals surface area contributed by atoms with Crippen molar-refractivity contribution >= 4 is 23.1 Å². The molecule has 1 saturated heterocycles. The van der Waals surface area contributed by atoms with Gasteiger partial charge in [0.15, 0.2) is 5.82 Å². The van der Waals surface area contributed by atoms with Crippen molar-refractivity contribution in [1.29, 1.82) is 0 Å². The number of carbonyl (C=O) groups excluding carboxylic acids is 2. The minimum Gasteiger partial charge on any atom is -0.382 e. The lowest BCUT2D eigenvalue weighted by Crippen LogP contribution is -2.56. The number of likely N-dealkylation sites (tertiary alicyclic amines) is 1. The first-order valence-electron chi connectivity index (χ1n) is 11.4. The van der Waals surface area contributed by atoms with Crippen LogP contribution in [0.15, 0.2) is 24.7 Å². The number of fused-ring (bicyclic) bond motifs is 2. The molecule has 3 aromatic rings. The van der Waals surface area contributed by atoms with Crippen molar-refractivity contribution < 1.29 is 27.9 Å². The number of aryl methyl sites for hydroxylation is 1. The Labute approximate surface area is 203 Å². The second-order valence-electron chi connectivity index (χ2n) is 9.35. The fourth-order valence-electron chi connectivity index (χ4n) is 4.92. The summed E-state index contributed by atoms with van der Waals surface area (Å²) < 4.78 is 41.0. The van der Waals surface area contributed by atoms with E-state index in [1.54, 1.807) is 21.7 Å². The number of amides is 2. The van der Waals surface area contributed by atoms with Crippen LogP contribution in [0, 0.1) is 6.92 Å². The first-order valence-corrected chi connectivity index (χ1v) is 11.4. The lowest BCUT2D eigenvalue weighted by Gasteiger charge is -2.34. The summed E-state index contributed by atoms with van der Waals surface area (Å²) in [6.07, 6.45) is -1.31. The highest BCUT2D eigenvalue weighted by Gasteiger charge is 2.58. The van der Waals surface area contributed by atoms with Crippen LogP contribution in [0.2, 0.25) is 0 Å². The maximum absolute atomic E-state index is 13.4. The van der Waals surface area contributed by atoms with Crippen LogP contribution < -0.4 is 5.73 Å². The van der Waals surface area contributed by atoms with E-state index in [9.17, 15) is 27.9 Å². The van der Waals surface area contributed by atoms with Crippen LogP contribution in [0.3, 0.4) is 0 Å². The number of alkyl halides is 3. The maximum Gasteiger partial charge on any atom is 0.426 e. The third-order valence-electron chi connectivity index (χ3n) is 6.98. The van der Waals surface area contributed by atoms with Crippen molar-refractivity contribution in [3.63, 3.8) is 0 Å². The molecule has 0 bridgehead atoms. The molecule has 5 rings (SSSR count). The normalized spacial score (nSPS) is 20.1. The lowest BCUT2D eigenvalue weighted by atomic mass is 10.00. The van der Waals surface area contributed by atoms with Gasteiger partial charge in [-0.25, -0.2) is 9.50 Å². The Morgan fingerprint density at radius 2 is 1.97 bits per heavy atom. The molecule has 36 heavy (non-hydrogen) atoms. The minimum atomic E-state index is -5.10. The van der Waals surface area contributed by atoms with Crippen molar-refractivity contribution in [2.24, 2.45) is 0 Å². The number of hydrogen-bond donors (Lipinski definition) is 2. The molecule has 190 valence electrons. The monoisotopic (exact) mass is 503 g/mol. The molecule has 10 nitrogen and oxygen atoms in total. The molecule has 0 radical (unpaired) electrons. The lowest BCUT2D eigenvalue weighted by molar-refractivity contribution is -0.249. The molecule has 1 unspecified atom stereocenters. The third-order valence-corrected chi connectivity index (χ3v) is 6.98. The fraction of sp³-hybridized carbons (Fsp3) is 0.435. The summed E-state index contributed by atoms with van der Waals surface area (Å²) in [6, 6.07) is 3.14. The zero-order valence-corrected chi connectivity index (χ0v) is 19.6. The number of aliphatic hydroxyl groups is 1. The van der Waals surface area contributed by atoms with E-state index < -0.39 is 23.7 Å². The first-order chi connectivity index (χ1) is 16.9. The Morgan fingerprint density at radius 1 is 1.22 bits per heavy atom. The van der Waals surface area contributed by atoms with Crippen LogP contribution in [0.25, 0.3) is 16.8 Å². The van der Waals surface area contributed by atoms with Crippen molar-refractivity contribution in [1.82, 2.24) is 29.4 Å². The van der Waals surface area contributed by atoms with E-state index >= 15 is 0 Å². The summed E-state index contributed by atoms with van der Waals surface area (Å²) in [7, 11) is 0. The summed E-state index contributed by atoms with van der Waals surface area (Å²) in [4.78, 5) is 36.9. The van der Waals surface area contributed by atoms with Crippen molar-refractivity contribution in [3.8, 4) is 11.3 Å². The van der Waals surface area contributed by atoms with Crippen LogP contribution >= 0.6 is 0 Å². The first kappa shape index (κ1) is 24.0. The van der Waals surface area contributed by atoms with Gasteiger partial charge in [-0.2, -0.15) is 18.3 Å². The molecular weight excluding hydrogens is 479 g/mol. The molecule has 2 amide bonds. The van der Waals surface area contributed by atoms with Gasteiger partial charge in [0.25, 0.3) is 11.8 Å². The largest absolute Gasteiger partial charge is 0.426 e. The number of carbonyl (C=O) groups is 2. The zero-order valence-electron chi connectivity index (χ0n) is 19.6. The summed E-state index contributed by atoms with van der Waals surface area (Å²) in [5, 5.41) is 14.0.